The van der Waals surface area contributed by atoms with Crippen LogP contribution in [0.15, 0.2) is 0 Å². The number of piperidine rings is 1. The first-order valence-electron chi connectivity index (χ1n) is 7.20. The van der Waals surface area contributed by atoms with Crippen LogP contribution in [-0.2, 0) is 0 Å². The summed E-state index contributed by atoms with van der Waals surface area (Å²) in [5.41, 5.74) is 6.00. The van der Waals surface area contributed by atoms with Gasteiger partial charge in [0.15, 0.2) is 0 Å². The van der Waals surface area contributed by atoms with Crippen molar-refractivity contribution >= 4 is 0 Å². The van der Waals surface area contributed by atoms with Gasteiger partial charge in [0.1, 0.15) is 0 Å². The van der Waals surface area contributed by atoms with E-state index in [2.05, 4.69) is 25.7 Å². The van der Waals surface area contributed by atoms with Gasteiger partial charge in [-0.1, -0.05) is 40.0 Å². The highest BCUT2D eigenvalue weighted by atomic mass is 15.2. The van der Waals surface area contributed by atoms with E-state index >= 15 is 0 Å². The molecule has 1 heterocycles. The summed E-state index contributed by atoms with van der Waals surface area (Å²) in [7, 11) is 0. The molecule has 3 atom stereocenters. The Labute approximate surface area is 102 Å². The quantitative estimate of drug-likeness (QED) is 0.754. The molecule has 0 spiro atoms. The minimum Gasteiger partial charge on any atom is -0.329 e. The molecule has 3 unspecified atom stereocenters. The van der Waals surface area contributed by atoms with Crippen molar-refractivity contribution in [3.63, 3.8) is 0 Å². The molecule has 1 aliphatic rings. The average Bonchev–Trinajstić information content (AvgIpc) is 2.32. The van der Waals surface area contributed by atoms with Gasteiger partial charge in [-0.25, -0.2) is 0 Å². The van der Waals surface area contributed by atoms with E-state index in [9.17, 15) is 0 Å². The Bertz CT molecular complexity index is 180. The standard InChI is InChI=1S/C14H30N2/c1-4-8-13-9-6-7-10-16(13)14(11-15)12(3)5-2/h12-14H,4-11,15H2,1-3H3. The maximum atomic E-state index is 6.00. The summed E-state index contributed by atoms with van der Waals surface area (Å²) in [5.74, 6) is 0.738. The van der Waals surface area contributed by atoms with E-state index in [1.807, 2.05) is 0 Å². The molecule has 0 aromatic carbocycles. The molecular formula is C14H30N2. The molecule has 0 radical (unpaired) electrons. The van der Waals surface area contributed by atoms with Gasteiger partial charge < -0.3 is 5.73 Å². The van der Waals surface area contributed by atoms with Crippen LogP contribution in [0.3, 0.4) is 0 Å². The lowest BCUT2D eigenvalue weighted by Gasteiger charge is -2.43. The normalized spacial score (nSPS) is 26.6. The number of nitrogens with two attached hydrogens (primary N) is 1. The Kier molecular flexibility index (Phi) is 6.37. The van der Waals surface area contributed by atoms with Crippen LogP contribution >= 0.6 is 0 Å². The van der Waals surface area contributed by atoms with Crippen LogP contribution in [0.1, 0.15) is 59.3 Å². The smallest absolute Gasteiger partial charge is 0.0246 e. The second-order valence-electron chi connectivity index (χ2n) is 5.36. The van der Waals surface area contributed by atoms with Crippen molar-refractivity contribution in [3.8, 4) is 0 Å². The third-order valence-corrected chi connectivity index (χ3v) is 4.26. The third-order valence-electron chi connectivity index (χ3n) is 4.26. The lowest BCUT2D eigenvalue weighted by Crippen LogP contribution is -2.52. The molecule has 1 fully saturated rings. The molecule has 2 N–H and O–H groups in total. The van der Waals surface area contributed by atoms with Gasteiger partial charge in [-0.05, 0) is 31.7 Å². The summed E-state index contributed by atoms with van der Waals surface area (Å²) < 4.78 is 0. The van der Waals surface area contributed by atoms with Gasteiger partial charge in [0.05, 0.1) is 0 Å². The maximum Gasteiger partial charge on any atom is 0.0246 e. The van der Waals surface area contributed by atoms with Crippen molar-refractivity contribution in [1.82, 2.24) is 4.90 Å². The van der Waals surface area contributed by atoms with E-state index in [1.54, 1.807) is 0 Å². The summed E-state index contributed by atoms with van der Waals surface area (Å²) in [6.45, 7) is 9.04. The molecule has 1 aliphatic heterocycles. The lowest BCUT2D eigenvalue weighted by atomic mass is 9.90. The van der Waals surface area contributed by atoms with E-state index < -0.39 is 0 Å². The highest BCUT2D eigenvalue weighted by Gasteiger charge is 2.29. The topological polar surface area (TPSA) is 29.3 Å². The molecule has 0 saturated carbocycles. The highest BCUT2D eigenvalue weighted by molar-refractivity contribution is 4.85. The van der Waals surface area contributed by atoms with Crippen LogP contribution < -0.4 is 5.73 Å². The molecule has 0 amide bonds. The monoisotopic (exact) mass is 226 g/mol. The van der Waals surface area contributed by atoms with Crippen LogP contribution in [0.25, 0.3) is 0 Å². The summed E-state index contributed by atoms with van der Waals surface area (Å²) in [6.07, 6.45) is 8.08. The summed E-state index contributed by atoms with van der Waals surface area (Å²) in [5, 5.41) is 0. The molecule has 0 bridgehead atoms. The SMILES string of the molecule is CCCC1CCCCN1C(CN)C(C)CC. The van der Waals surface area contributed by atoms with Crippen LogP contribution in [0.4, 0.5) is 0 Å². The lowest BCUT2D eigenvalue weighted by molar-refractivity contribution is 0.0630. The van der Waals surface area contributed by atoms with Crippen LogP contribution in [0, 0.1) is 5.92 Å². The van der Waals surface area contributed by atoms with E-state index in [1.165, 1.54) is 45.1 Å². The average molecular weight is 226 g/mol. The number of likely N-dealkylation sites (tertiary alicyclic amines) is 1. The predicted molar refractivity (Wildman–Crippen MR) is 71.6 cm³/mol. The first-order chi connectivity index (χ1) is 7.74. The Morgan fingerprint density at radius 3 is 2.62 bits per heavy atom. The van der Waals surface area contributed by atoms with Gasteiger partial charge in [-0.3, -0.25) is 4.90 Å². The van der Waals surface area contributed by atoms with E-state index in [0.717, 1.165) is 18.5 Å². The molecule has 96 valence electrons. The second kappa shape index (κ2) is 7.29. The van der Waals surface area contributed by atoms with E-state index in [-0.39, 0.29) is 0 Å². The minimum atomic E-state index is 0.613. The molecule has 1 rings (SSSR count). The van der Waals surface area contributed by atoms with Gasteiger partial charge in [-0.2, -0.15) is 0 Å². The number of rotatable bonds is 6. The molecule has 2 nitrogen and oxygen atoms in total. The van der Waals surface area contributed by atoms with Gasteiger partial charge in [0.25, 0.3) is 0 Å². The van der Waals surface area contributed by atoms with Crippen molar-refractivity contribution in [2.45, 2.75) is 71.4 Å². The third kappa shape index (κ3) is 3.46. The Morgan fingerprint density at radius 1 is 1.31 bits per heavy atom. The van der Waals surface area contributed by atoms with E-state index in [0.29, 0.717) is 6.04 Å². The Hall–Kier alpha value is -0.0800. The fourth-order valence-electron chi connectivity index (χ4n) is 3.07. The molecule has 0 aromatic heterocycles. The Balaban J connectivity index is 2.63. The van der Waals surface area contributed by atoms with Gasteiger partial charge in [0.2, 0.25) is 0 Å². The zero-order chi connectivity index (χ0) is 12.0. The first kappa shape index (κ1) is 14.0. The molecule has 1 saturated heterocycles. The molecular weight excluding hydrogens is 196 g/mol. The predicted octanol–water partition coefficient (Wildman–Crippen LogP) is 3.01. The maximum absolute atomic E-state index is 6.00. The minimum absolute atomic E-state index is 0.613. The van der Waals surface area contributed by atoms with Gasteiger partial charge in [0, 0.05) is 18.6 Å². The summed E-state index contributed by atoms with van der Waals surface area (Å²) in [4.78, 5) is 2.72. The van der Waals surface area contributed by atoms with Gasteiger partial charge >= 0.3 is 0 Å². The Morgan fingerprint density at radius 2 is 2.06 bits per heavy atom. The first-order valence-corrected chi connectivity index (χ1v) is 7.20. The second-order valence-corrected chi connectivity index (χ2v) is 5.36. The van der Waals surface area contributed by atoms with Gasteiger partial charge in [-0.15, -0.1) is 0 Å². The number of nitrogens with zero attached hydrogens (tertiary/aromatic N) is 1. The number of hydrogen-bond donors (Lipinski definition) is 1. The van der Waals surface area contributed by atoms with Crippen molar-refractivity contribution in [3.05, 3.63) is 0 Å². The fourth-order valence-corrected chi connectivity index (χ4v) is 3.07. The fraction of sp³-hybridized carbons (Fsp3) is 1.00. The molecule has 2 heteroatoms. The highest BCUT2D eigenvalue weighted by Crippen LogP contribution is 2.26. The van der Waals surface area contributed by atoms with Crippen LogP contribution in [0.5, 0.6) is 0 Å². The molecule has 0 aromatic rings. The van der Waals surface area contributed by atoms with Crippen molar-refractivity contribution in [1.29, 1.82) is 0 Å². The van der Waals surface area contributed by atoms with Crippen molar-refractivity contribution in [2.24, 2.45) is 11.7 Å². The molecule has 0 aliphatic carbocycles. The zero-order valence-electron chi connectivity index (χ0n) is 11.4. The van der Waals surface area contributed by atoms with E-state index in [4.69, 9.17) is 5.73 Å². The summed E-state index contributed by atoms with van der Waals surface area (Å²) >= 11 is 0. The summed E-state index contributed by atoms with van der Waals surface area (Å²) in [6, 6.07) is 1.42. The van der Waals surface area contributed by atoms with Crippen LogP contribution in [-0.4, -0.2) is 30.1 Å². The molecule has 16 heavy (non-hydrogen) atoms. The van der Waals surface area contributed by atoms with Crippen molar-refractivity contribution in [2.75, 3.05) is 13.1 Å². The van der Waals surface area contributed by atoms with Crippen molar-refractivity contribution < 1.29 is 0 Å². The largest absolute Gasteiger partial charge is 0.329 e. The number of hydrogen-bond acceptors (Lipinski definition) is 2. The zero-order valence-corrected chi connectivity index (χ0v) is 11.4. The van der Waals surface area contributed by atoms with Crippen LogP contribution in [0.2, 0.25) is 0 Å².